The Morgan fingerprint density at radius 1 is 0.500 bits per heavy atom. The zero-order valence-electron chi connectivity index (χ0n) is 29.1. The second kappa shape index (κ2) is 32.6. The summed E-state index contributed by atoms with van der Waals surface area (Å²) in [4.78, 5) is 11.8. The van der Waals surface area contributed by atoms with E-state index in [1.54, 1.807) is 30.3 Å². The molecule has 0 aliphatic heterocycles. The van der Waals surface area contributed by atoms with Crippen LogP contribution < -0.4 is 0 Å². The minimum atomic E-state index is -0.298. The second-order valence-electron chi connectivity index (χ2n) is 13.3. The van der Waals surface area contributed by atoms with Gasteiger partial charge in [-0.15, -0.1) is 0 Å². The molecule has 0 fully saturated rings. The van der Waals surface area contributed by atoms with E-state index in [0.29, 0.717) is 6.61 Å². The van der Waals surface area contributed by atoms with E-state index in [1.807, 2.05) is 0 Å². The van der Waals surface area contributed by atoms with Crippen LogP contribution in [0.2, 0.25) is 0 Å². The zero-order chi connectivity index (χ0) is 31.6. The molecule has 3 nitrogen and oxygen atoms in total. The van der Waals surface area contributed by atoms with Gasteiger partial charge in [0, 0.05) is 6.08 Å². The minimum absolute atomic E-state index is 0.223. The third kappa shape index (κ3) is 29.0. The quantitative estimate of drug-likeness (QED) is 0.0488. The summed E-state index contributed by atoms with van der Waals surface area (Å²) in [5.41, 5.74) is 0.871. The van der Waals surface area contributed by atoms with Crippen molar-refractivity contribution >= 4 is 12.0 Å². The number of unbranched alkanes of at least 4 members (excludes halogenated alkanes) is 29. The number of carbonyl (C=O) groups is 1. The third-order valence-corrected chi connectivity index (χ3v) is 9.05. The number of esters is 1. The Labute approximate surface area is 274 Å². The van der Waals surface area contributed by atoms with Crippen LogP contribution in [0.1, 0.15) is 205 Å². The van der Waals surface area contributed by atoms with Gasteiger partial charge >= 0.3 is 5.97 Å². The fourth-order valence-electron chi connectivity index (χ4n) is 6.10. The van der Waals surface area contributed by atoms with Gasteiger partial charge in [0.2, 0.25) is 0 Å². The van der Waals surface area contributed by atoms with Gasteiger partial charge in [-0.3, -0.25) is 0 Å². The Balaban J connectivity index is 1.68. The molecule has 1 aromatic carbocycles. The maximum atomic E-state index is 11.8. The SMILES string of the molecule is CCCCCCCCCCCCCCCCCCCCCCCCCCCCCCCCOC(=O)C=Cc1ccc(O)cc1. The molecular weight excluding hydrogens is 540 g/mol. The first kappa shape index (κ1) is 40.3. The summed E-state index contributed by atoms with van der Waals surface area (Å²) in [6.07, 6.45) is 45.3. The van der Waals surface area contributed by atoms with Gasteiger partial charge in [0.15, 0.2) is 0 Å². The highest BCUT2D eigenvalue weighted by atomic mass is 16.5. The summed E-state index contributed by atoms with van der Waals surface area (Å²) in [5, 5.41) is 9.29. The fraction of sp³-hybridized carbons (Fsp3) is 0.780. The summed E-state index contributed by atoms with van der Waals surface area (Å²) in [7, 11) is 0. The van der Waals surface area contributed by atoms with Crippen LogP contribution in [0.5, 0.6) is 5.75 Å². The van der Waals surface area contributed by atoms with Crippen LogP contribution in [0, 0.1) is 0 Å². The van der Waals surface area contributed by atoms with Crippen molar-refractivity contribution in [3.8, 4) is 5.75 Å². The number of phenolic OH excluding ortho intramolecular Hbond substituents is 1. The number of phenols is 1. The lowest BCUT2D eigenvalue weighted by Crippen LogP contribution is -2.02. The molecule has 0 saturated heterocycles. The Morgan fingerprint density at radius 2 is 0.795 bits per heavy atom. The minimum Gasteiger partial charge on any atom is -0.508 e. The molecule has 0 bridgehead atoms. The first-order valence-electron chi connectivity index (χ1n) is 19.4. The molecule has 0 radical (unpaired) electrons. The highest BCUT2D eigenvalue weighted by Crippen LogP contribution is 2.17. The summed E-state index contributed by atoms with van der Waals surface area (Å²) < 4.78 is 5.28. The van der Waals surface area contributed by atoms with Crippen LogP contribution in [-0.4, -0.2) is 17.7 Å². The van der Waals surface area contributed by atoms with Gasteiger partial charge in [-0.1, -0.05) is 205 Å². The number of ether oxygens (including phenoxy) is 1. The number of rotatable bonds is 33. The number of hydrogen-bond acceptors (Lipinski definition) is 3. The predicted molar refractivity (Wildman–Crippen MR) is 192 cm³/mol. The zero-order valence-corrected chi connectivity index (χ0v) is 29.1. The largest absolute Gasteiger partial charge is 0.508 e. The van der Waals surface area contributed by atoms with E-state index in [1.165, 1.54) is 186 Å². The van der Waals surface area contributed by atoms with E-state index in [9.17, 15) is 9.90 Å². The summed E-state index contributed by atoms with van der Waals surface area (Å²) in [5.74, 6) is -0.0745. The molecule has 44 heavy (non-hydrogen) atoms. The summed E-state index contributed by atoms with van der Waals surface area (Å²) in [6, 6.07) is 6.75. The standard InChI is InChI=1S/C41H72O3/c1-2-3-4-5-6-7-8-9-10-11-12-13-14-15-16-17-18-19-20-21-22-23-24-25-26-27-28-29-30-31-38-44-41(43)37-34-39-32-35-40(42)36-33-39/h32-37,42H,2-31,38H2,1H3. The molecule has 254 valence electrons. The van der Waals surface area contributed by atoms with Crippen molar-refractivity contribution in [2.24, 2.45) is 0 Å². The average molecular weight is 613 g/mol. The lowest BCUT2D eigenvalue weighted by Gasteiger charge is -2.05. The number of benzene rings is 1. The predicted octanol–water partition coefficient (Wildman–Crippen LogP) is 13.7. The van der Waals surface area contributed by atoms with Crippen LogP contribution in [-0.2, 0) is 9.53 Å². The van der Waals surface area contributed by atoms with E-state index < -0.39 is 0 Å². The first-order chi connectivity index (χ1) is 21.7. The van der Waals surface area contributed by atoms with Crippen molar-refractivity contribution in [2.75, 3.05) is 6.61 Å². The van der Waals surface area contributed by atoms with Gasteiger partial charge in [0.25, 0.3) is 0 Å². The molecule has 1 aromatic rings. The Hall–Kier alpha value is -1.77. The van der Waals surface area contributed by atoms with Crippen molar-refractivity contribution < 1.29 is 14.6 Å². The lowest BCUT2D eigenvalue weighted by molar-refractivity contribution is -0.137. The van der Waals surface area contributed by atoms with Crippen LogP contribution in [0.25, 0.3) is 6.08 Å². The third-order valence-electron chi connectivity index (χ3n) is 9.05. The van der Waals surface area contributed by atoms with Crippen LogP contribution in [0.4, 0.5) is 0 Å². The number of hydrogen-bond donors (Lipinski definition) is 1. The summed E-state index contributed by atoms with van der Waals surface area (Å²) in [6.45, 7) is 2.80. The maximum absolute atomic E-state index is 11.8. The average Bonchev–Trinajstić information content (AvgIpc) is 3.03. The van der Waals surface area contributed by atoms with E-state index in [0.717, 1.165) is 18.4 Å². The molecule has 1 N–H and O–H groups in total. The molecule has 0 unspecified atom stereocenters. The smallest absolute Gasteiger partial charge is 0.330 e. The summed E-state index contributed by atoms with van der Waals surface area (Å²) >= 11 is 0. The van der Waals surface area contributed by atoms with Gasteiger partial charge in [0.05, 0.1) is 6.61 Å². The molecule has 0 atom stereocenters. The highest BCUT2D eigenvalue weighted by molar-refractivity contribution is 5.87. The molecular formula is C41H72O3. The van der Waals surface area contributed by atoms with Crippen molar-refractivity contribution in [2.45, 2.75) is 200 Å². The van der Waals surface area contributed by atoms with E-state index in [2.05, 4.69) is 6.92 Å². The Bertz CT molecular complexity index is 754. The van der Waals surface area contributed by atoms with Gasteiger partial charge in [-0.05, 0) is 30.2 Å². The molecule has 3 heteroatoms. The Morgan fingerprint density at radius 3 is 1.11 bits per heavy atom. The molecule has 0 aromatic heterocycles. The monoisotopic (exact) mass is 613 g/mol. The topological polar surface area (TPSA) is 46.5 Å². The van der Waals surface area contributed by atoms with Crippen LogP contribution in [0.15, 0.2) is 30.3 Å². The van der Waals surface area contributed by atoms with Crippen LogP contribution in [0.3, 0.4) is 0 Å². The van der Waals surface area contributed by atoms with E-state index >= 15 is 0 Å². The molecule has 0 aliphatic carbocycles. The molecule has 0 spiro atoms. The normalized spacial score (nSPS) is 11.5. The second-order valence-corrected chi connectivity index (χ2v) is 13.3. The van der Waals surface area contributed by atoms with Crippen molar-refractivity contribution in [3.05, 3.63) is 35.9 Å². The van der Waals surface area contributed by atoms with E-state index in [-0.39, 0.29) is 11.7 Å². The lowest BCUT2D eigenvalue weighted by atomic mass is 10.0. The van der Waals surface area contributed by atoms with Gasteiger partial charge < -0.3 is 9.84 Å². The maximum Gasteiger partial charge on any atom is 0.330 e. The Kier molecular flexibility index (Phi) is 29.8. The first-order valence-corrected chi connectivity index (χ1v) is 19.4. The molecule has 0 amide bonds. The van der Waals surface area contributed by atoms with Crippen molar-refractivity contribution in [3.63, 3.8) is 0 Å². The van der Waals surface area contributed by atoms with Crippen molar-refractivity contribution in [1.29, 1.82) is 0 Å². The fourth-order valence-corrected chi connectivity index (χ4v) is 6.10. The highest BCUT2D eigenvalue weighted by Gasteiger charge is 1.99. The molecule has 0 heterocycles. The molecule has 0 saturated carbocycles. The molecule has 1 rings (SSSR count). The van der Waals surface area contributed by atoms with Gasteiger partial charge in [-0.2, -0.15) is 0 Å². The van der Waals surface area contributed by atoms with Gasteiger partial charge in [0.1, 0.15) is 5.75 Å². The number of aromatic hydroxyl groups is 1. The molecule has 0 aliphatic rings. The van der Waals surface area contributed by atoms with Gasteiger partial charge in [-0.25, -0.2) is 4.79 Å². The van der Waals surface area contributed by atoms with Crippen molar-refractivity contribution in [1.82, 2.24) is 0 Å². The van der Waals surface area contributed by atoms with E-state index in [4.69, 9.17) is 4.74 Å². The number of carbonyl (C=O) groups excluding carboxylic acids is 1. The van der Waals surface area contributed by atoms with Crippen LogP contribution >= 0.6 is 0 Å².